The third-order valence-corrected chi connectivity index (χ3v) is 4.00. The molecule has 1 aliphatic rings. The van der Waals surface area contributed by atoms with E-state index in [2.05, 4.69) is 18.2 Å². The first-order chi connectivity index (χ1) is 8.19. The molecule has 0 bridgehead atoms. The van der Waals surface area contributed by atoms with Crippen molar-refractivity contribution in [2.75, 3.05) is 0 Å². The third kappa shape index (κ3) is 3.32. The van der Waals surface area contributed by atoms with E-state index in [9.17, 15) is 5.11 Å². The van der Waals surface area contributed by atoms with Crippen LogP contribution in [0.3, 0.4) is 0 Å². The van der Waals surface area contributed by atoms with E-state index in [0.29, 0.717) is 5.92 Å². The van der Waals surface area contributed by atoms with E-state index in [-0.39, 0.29) is 6.10 Å². The van der Waals surface area contributed by atoms with Crippen LogP contribution in [0.2, 0.25) is 0 Å². The lowest BCUT2D eigenvalue weighted by Crippen LogP contribution is -2.30. The summed E-state index contributed by atoms with van der Waals surface area (Å²) < 4.78 is 1.84. The van der Waals surface area contributed by atoms with E-state index in [4.69, 9.17) is 0 Å². The fourth-order valence-electron chi connectivity index (χ4n) is 3.12. The Balaban J connectivity index is 1.93. The number of rotatable bonds is 4. The van der Waals surface area contributed by atoms with Gasteiger partial charge in [0.15, 0.2) is 0 Å². The van der Waals surface area contributed by atoms with E-state index >= 15 is 0 Å². The summed E-state index contributed by atoms with van der Waals surface area (Å²) in [5, 5.41) is 14.3. The molecule has 1 aliphatic carbocycles. The summed E-state index contributed by atoms with van der Waals surface area (Å²) in [7, 11) is 1.95. The van der Waals surface area contributed by atoms with Gasteiger partial charge in [0, 0.05) is 13.2 Å². The van der Waals surface area contributed by atoms with Crippen LogP contribution in [-0.4, -0.2) is 21.0 Å². The fraction of sp³-hybridized carbons (Fsp3) is 0.786. The van der Waals surface area contributed by atoms with Gasteiger partial charge in [-0.1, -0.05) is 19.8 Å². The van der Waals surface area contributed by atoms with E-state index in [0.717, 1.165) is 18.8 Å². The van der Waals surface area contributed by atoms with Crippen LogP contribution >= 0.6 is 0 Å². The van der Waals surface area contributed by atoms with Crippen molar-refractivity contribution in [2.24, 2.45) is 18.9 Å². The summed E-state index contributed by atoms with van der Waals surface area (Å²) in [5.74, 6) is 1.26. The molecule has 17 heavy (non-hydrogen) atoms. The largest absolute Gasteiger partial charge is 0.393 e. The molecule has 1 aromatic heterocycles. The molecule has 0 saturated heterocycles. The summed E-state index contributed by atoms with van der Waals surface area (Å²) in [5.41, 5.74) is 1.26. The molecule has 1 N–H and O–H groups in total. The average molecular weight is 236 g/mol. The normalized spacial score (nSPS) is 29.5. The summed E-state index contributed by atoms with van der Waals surface area (Å²) in [6.45, 7) is 2.25. The Morgan fingerprint density at radius 1 is 1.47 bits per heavy atom. The fourth-order valence-corrected chi connectivity index (χ4v) is 3.12. The minimum Gasteiger partial charge on any atom is -0.393 e. The Kier molecular flexibility index (Phi) is 4.21. The summed E-state index contributed by atoms with van der Waals surface area (Å²) >= 11 is 0. The summed E-state index contributed by atoms with van der Waals surface area (Å²) in [6.07, 6.45) is 10.8. The van der Waals surface area contributed by atoms with Gasteiger partial charge in [0.05, 0.1) is 12.3 Å². The highest BCUT2D eigenvalue weighted by Crippen LogP contribution is 2.34. The second-order valence-electron chi connectivity index (χ2n) is 5.52. The van der Waals surface area contributed by atoms with Crippen LogP contribution in [0, 0.1) is 11.8 Å². The molecule has 3 heteroatoms. The van der Waals surface area contributed by atoms with Crippen molar-refractivity contribution >= 4 is 0 Å². The predicted octanol–water partition coefficient (Wildman–Crippen LogP) is 2.54. The van der Waals surface area contributed by atoms with E-state index < -0.39 is 0 Å². The molecule has 0 amide bonds. The highest BCUT2D eigenvalue weighted by molar-refractivity contribution is 5.06. The Hall–Kier alpha value is -0.830. The monoisotopic (exact) mass is 236 g/mol. The molecular formula is C14H24N2O. The number of aromatic nitrogens is 2. The Bertz CT molecular complexity index is 348. The maximum absolute atomic E-state index is 10.1. The molecule has 3 atom stereocenters. The van der Waals surface area contributed by atoms with Crippen molar-refractivity contribution in [1.82, 2.24) is 9.78 Å². The first kappa shape index (κ1) is 12.6. The summed E-state index contributed by atoms with van der Waals surface area (Å²) in [4.78, 5) is 0. The first-order valence-corrected chi connectivity index (χ1v) is 6.84. The lowest BCUT2D eigenvalue weighted by molar-refractivity contribution is 0.0463. The molecule has 0 radical (unpaired) electrons. The smallest absolute Gasteiger partial charge is 0.0571 e. The van der Waals surface area contributed by atoms with Gasteiger partial charge >= 0.3 is 0 Å². The average Bonchev–Trinajstić information content (AvgIpc) is 2.69. The highest BCUT2D eigenvalue weighted by Gasteiger charge is 2.28. The van der Waals surface area contributed by atoms with Crippen LogP contribution in [-0.2, 0) is 13.5 Å². The quantitative estimate of drug-likeness (QED) is 0.872. The van der Waals surface area contributed by atoms with Gasteiger partial charge in [-0.3, -0.25) is 4.68 Å². The topological polar surface area (TPSA) is 38.1 Å². The number of aryl methyl sites for hydroxylation is 1. The van der Waals surface area contributed by atoms with Gasteiger partial charge in [-0.05, 0) is 43.1 Å². The van der Waals surface area contributed by atoms with Gasteiger partial charge in [-0.25, -0.2) is 0 Å². The van der Waals surface area contributed by atoms with Gasteiger partial charge in [0.2, 0.25) is 0 Å². The van der Waals surface area contributed by atoms with Crippen LogP contribution in [0.1, 0.15) is 44.6 Å². The first-order valence-electron chi connectivity index (χ1n) is 6.84. The van der Waals surface area contributed by atoms with Crippen LogP contribution in [0.15, 0.2) is 12.4 Å². The molecule has 3 unspecified atom stereocenters. The van der Waals surface area contributed by atoms with Crippen LogP contribution in [0.5, 0.6) is 0 Å². The highest BCUT2D eigenvalue weighted by atomic mass is 16.3. The number of hydrogen-bond acceptors (Lipinski definition) is 2. The maximum Gasteiger partial charge on any atom is 0.0571 e. The Morgan fingerprint density at radius 2 is 2.29 bits per heavy atom. The van der Waals surface area contributed by atoms with Gasteiger partial charge < -0.3 is 5.11 Å². The van der Waals surface area contributed by atoms with Crippen molar-refractivity contribution in [3.63, 3.8) is 0 Å². The van der Waals surface area contributed by atoms with Crippen LogP contribution in [0.25, 0.3) is 0 Å². The lowest BCUT2D eigenvalue weighted by Gasteiger charge is -2.33. The minimum absolute atomic E-state index is 0.108. The van der Waals surface area contributed by atoms with Crippen LogP contribution < -0.4 is 0 Å². The lowest BCUT2D eigenvalue weighted by atomic mass is 9.75. The van der Waals surface area contributed by atoms with E-state index in [1.807, 2.05) is 17.9 Å². The summed E-state index contributed by atoms with van der Waals surface area (Å²) in [6, 6.07) is 0. The number of hydrogen-bond donors (Lipinski definition) is 1. The van der Waals surface area contributed by atoms with Crippen molar-refractivity contribution in [3.05, 3.63) is 18.0 Å². The molecule has 1 saturated carbocycles. The number of nitrogens with zero attached hydrogens (tertiary/aromatic N) is 2. The molecule has 96 valence electrons. The van der Waals surface area contributed by atoms with Crippen molar-refractivity contribution in [2.45, 2.75) is 51.6 Å². The molecule has 1 fully saturated rings. The Morgan fingerprint density at radius 3 is 2.94 bits per heavy atom. The molecule has 1 aromatic rings. The minimum atomic E-state index is -0.108. The molecule has 3 nitrogen and oxygen atoms in total. The SMILES string of the molecule is CCCC1CCC(O)C(Cc2cnn(C)c2)C1. The molecular weight excluding hydrogens is 212 g/mol. The van der Waals surface area contributed by atoms with E-state index in [1.54, 1.807) is 0 Å². The van der Waals surface area contributed by atoms with Gasteiger partial charge in [0.1, 0.15) is 0 Å². The molecule has 1 heterocycles. The van der Waals surface area contributed by atoms with Crippen molar-refractivity contribution in [1.29, 1.82) is 0 Å². The van der Waals surface area contributed by atoms with Gasteiger partial charge in [0.25, 0.3) is 0 Å². The van der Waals surface area contributed by atoms with Crippen molar-refractivity contribution in [3.8, 4) is 0 Å². The van der Waals surface area contributed by atoms with Gasteiger partial charge in [-0.15, -0.1) is 0 Å². The predicted molar refractivity (Wildman–Crippen MR) is 68.7 cm³/mol. The zero-order chi connectivity index (χ0) is 12.3. The zero-order valence-electron chi connectivity index (χ0n) is 11.0. The molecule has 0 spiro atoms. The third-order valence-electron chi connectivity index (χ3n) is 4.00. The second kappa shape index (κ2) is 5.67. The van der Waals surface area contributed by atoms with Gasteiger partial charge in [-0.2, -0.15) is 5.10 Å². The molecule has 0 aromatic carbocycles. The maximum atomic E-state index is 10.1. The molecule has 0 aliphatic heterocycles. The molecule has 2 rings (SSSR count). The number of aliphatic hydroxyl groups excluding tert-OH is 1. The Labute approximate surface area is 104 Å². The standard InChI is InChI=1S/C14H24N2O/c1-3-4-11-5-6-14(17)13(7-11)8-12-9-15-16(2)10-12/h9-11,13-14,17H,3-8H2,1-2H3. The second-order valence-corrected chi connectivity index (χ2v) is 5.52. The van der Waals surface area contributed by atoms with Crippen LogP contribution in [0.4, 0.5) is 0 Å². The van der Waals surface area contributed by atoms with Crippen molar-refractivity contribution < 1.29 is 5.11 Å². The number of aliphatic hydroxyl groups is 1. The van der Waals surface area contributed by atoms with E-state index in [1.165, 1.54) is 31.2 Å². The zero-order valence-corrected chi connectivity index (χ0v) is 11.0.